The lowest BCUT2D eigenvalue weighted by atomic mass is 10.1. The van der Waals surface area contributed by atoms with Gasteiger partial charge in [0.25, 0.3) is 0 Å². The summed E-state index contributed by atoms with van der Waals surface area (Å²) in [5.41, 5.74) is 1.82. The van der Waals surface area contributed by atoms with Crippen LogP contribution in [0.1, 0.15) is 12.0 Å². The standard InChI is InChI=1S/C21H26N2O4S/c1-22(14-17-8-10-20(27-2)11-9-17)15-21(24)23(18-6-4-3-5-7-18)19-12-13-28(25,26)16-19/h3-11,19H,12-16H2,1-2H3/t19-/m1/s1. The molecule has 7 heteroatoms. The average Bonchev–Trinajstić information content (AvgIpc) is 3.02. The molecule has 0 bridgehead atoms. The summed E-state index contributed by atoms with van der Waals surface area (Å²) in [6.07, 6.45) is 0.477. The van der Waals surface area contributed by atoms with E-state index in [2.05, 4.69) is 0 Å². The van der Waals surface area contributed by atoms with E-state index in [1.165, 1.54) is 0 Å². The first-order chi connectivity index (χ1) is 13.4. The molecule has 6 nitrogen and oxygen atoms in total. The minimum atomic E-state index is -3.09. The molecule has 1 saturated heterocycles. The van der Waals surface area contributed by atoms with E-state index in [0.717, 1.165) is 17.0 Å². The van der Waals surface area contributed by atoms with Gasteiger partial charge in [-0.05, 0) is 43.3 Å². The van der Waals surface area contributed by atoms with Gasteiger partial charge in [0.15, 0.2) is 9.84 Å². The number of amides is 1. The summed E-state index contributed by atoms with van der Waals surface area (Å²) in [5, 5.41) is 0. The van der Waals surface area contributed by atoms with Crippen LogP contribution in [0.15, 0.2) is 54.6 Å². The van der Waals surface area contributed by atoms with Crippen molar-refractivity contribution in [3.63, 3.8) is 0 Å². The van der Waals surface area contributed by atoms with Crippen LogP contribution in [-0.2, 0) is 21.2 Å². The molecule has 0 radical (unpaired) electrons. The van der Waals surface area contributed by atoms with Crippen molar-refractivity contribution in [2.75, 3.05) is 37.1 Å². The first-order valence-electron chi connectivity index (χ1n) is 9.27. The number of benzene rings is 2. The van der Waals surface area contributed by atoms with E-state index < -0.39 is 9.84 Å². The van der Waals surface area contributed by atoms with Crippen LogP contribution >= 0.6 is 0 Å². The zero-order chi connectivity index (χ0) is 20.1. The minimum absolute atomic E-state index is 0.0236. The van der Waals surface area contributed by atoms with Crippen molar-refractivity contribution in [3.8, 4) is 5.75 Å². The second kappa shape index (κ2) is 8.75. The van der Waals surface area contributed by atoms with Gasteiger partial charge < -0.3 is 9.64 Å². The van der Waals surface area contributed by atoms with Crippen molar-refractivity contribution in [3.05, 3.63) is 60.2 Å². The lowest BCUT2D eigenvalue weighted by Crippen LogP contribution is -2.45. The van der Waals surface area contributed by atoms with Gasteiger partial charge in [0.05, 0.1) is 31.2 Å². The zero-order valence-corrected chi connectivity index (χ0v) is 17.1. The molecule has 2 aromatic carbocycles. The third-order valence-corrected chi connectivity index (χ3v) is 6.64. The maximum atomic E-state index is 13.1. The van der Waals surface area contributed by atoms with Crippen molar-refractivity contribution in [2.45, 2.75) is 19.0 Å². The van der Waals surface area contributed by atoms with E-state index in [4.69, 9.17) is 4.74 Å². The molecule has 1 heterocycles. The Kier molecular flexibility index (Phi) is 6.36. The van der Waals surface area contributed by atoms with Gasteiger partial charge in [-0.1, -0.05) is 30.3 Å². The van der Waals surface area contributed by atoms with Crippen molar-refractivity contribution < 1.29 is 17.9 Å². The van der Waals surface area contributed by atoms with E-state index in [-0.39, 0.29) is 30.0 Å². The molecule has 0 N–H and O–H groups in total. The fourth-order valence-corrected chi connectivity index (χ4v) is 5.23. The highest BCUT2D eigenvalue weighted by Gasteiger charge is 2.35. The summed E-state index contributed by atoms with van der Waals surface area (Å²) in [4.78, 5) is 16.7. The third kappa shape index (κ3) is 5.11. The second-order valence-corrected chi connectivity index (χ2v) is 9.41. The number of sulfone groups is 1. The third-order valence-electron chi connectivity index (χ3n) is 4.89. The fourth-order valence-electron chi connectivity index (χ4n) is 3.53. The molecule has 0 aromatic heterocycles. The lowest BCUT2D eigenvalue weighted by Gasteiger charge is -2.30. The van der Waals surface area contributed by atoms with Crippen LogP contribution in [0.25, 0.3) is 0 Å². The predicted molar refractivity (Wildman–Crippen MR) is 110 cm³/mol. The van der Waals surface area contributed by atoms with Gasteiger partial charge in [-0.2, -0.15) is 0 Å². The Balaban J connectivity index is 1.71. The first kappa shape index (κ1) is 20.4. The second-order valence-electron chi connectivity index (χ2n) is 7.18. The van der Waals surface area contributed by atoms with E-state index in [0.29, 0.717) is 13.0 Å². The summed E-state index contributed by atoms with van der Waals surface area (Å²) >= 11 is 0. The number of carbonyl (C=O) groups excluding carboxylic acids is 1. The van der Waals surface area contributed by atoms with Crippen LogP contribution in [0.5, 0.6) is 5.75 Å². The Bertz CT molecular complexity index is 898. The quantitative estimate of drug-likeness (QED) is 0.711. The first-order valence-corrected chi connectivity index (χ1v) is 11.1. The molecule has 2 aromatic rings. The number of para-hydroxylation sites is 1. The summed E-state index contributed by atoms with van der Waals surface area (Å²) in [6, 6.07) is 16.7. The number of hydrogen-bond donors (Lipinski definition) is 0. The molecule has 28 heavy (non-hydrogen) atoms. The van der Waals surface area contributed by atoms with Crippen molar-refractivity contribution in [2.24, 2.45) is 0 Å². The van der Waals surface area contributed by atoms with E-state index in [1.54, 1.807) is 12.0 Å². The lowest BCUT2D eigenvalue weighted by molar-refractivity contribution is -0.120. The van der Waals surface area contributed by atoms with Crippen LogP contribution in [-0.4, -0.2) is 57.5 Å². The van der Waals surface area contributed by atoms with Gasteiger partial charge in [0.1, 0.15) is 5.75 Å². The number of likely N-dealkylation sites (N-methyl/N-ethyl adjacent to an activating group) is 1. The summed E-state index contributed by atoms with van der Waals surface area (Å²) in [5.74, 6) is 0.857. The molecule has 0 unspecified atom stereocenters. The molecule has 1 aliphatic rings. The Morgan fingerprint density at radius 1 is 1.11 bits per heavy atom. The SMILES string of the molecule is COc1ccc(CN(C)CC(=O)N(c2ccccc2)[C@@H]2CCS(=O)(=O)C2)cc1. The van der Waals surface area contributed by atoms with Crippen LogP contribution in [0.3, 0.4) is 0 Å². The summed E-state index contributed by atoms with van der Waals surface area (Å²) in [7, 11) is 0.427. The Labute approximate surface area is 166 Å². The molecular formula is C21H26N2O4S. The molecule has 1 aliphatic heterocycles. The highest BCUT2D eigenvalue weighted by molar-refractivity contribution is 7.91. The number of carbonyl (C=O) groups is 1. The maximum Gasteiger partial charge on any atom is 0.241 e. The largest absolute Gasteiger partial charge is 0.497 e. The highest BCUT2D eigenvalue weighted by Crippen LogP contribution is 2.25. The minimum Gasteiger partial charge on any atom is -0.497 e. The fraction of sp³-hybridized carbons (Fsp3) is 0.381. The molecule has 1 atom stereocenters. The van der Waals surface area contributed by atoms with Gasteiger partial charge in [0.2, 0.25) is 5.91 Å². The van der Waals surface area contributed by atoms with E-state index in [1.807, 2.05) is 66.5 Å². The van der Waals surface area contributed by atoms with Crippen LogP contribution in [0.2, 0.25) is 0 Å². The van der Waals surface area contributed by atoms with Crippen LogP contribution < -0.4 is 9.64 Å². The molecule has 0 aliphatic carbocycles. The number of nitrogens with zero attached hydrogens (tertiary/aromatic N) is 2. The van der Waals surface area contributed by atoms with E-state index >= 15 is 0 Å². The predicted octanol–water partition coefficient (Wildman–Crippen LogP) is 2.35. The summed E-state index contributed by atoms with van der Waals surface area (Å²) in [6.45, 7) is 0.818. The topological polar surface area (TPSA) is 66.9 Å². The number of anilines is 1. The van der Waals surface area contributed by atoms with Gasteiger partial charge in [-0.25, -0.2) is 8.42 Å². The smallest absolute Gasteiger partial charge is 0.241 e. The zero-order valence-electron chi connectivity index (χ0n) is 16.2. The Hall–Kier alpha value is -2.38. The molecule has 1 fully saturated rings. The van der Waals surface area contributed by atoms with Crippen LogP contribution in [0, 0.1) is 0 Å². The molecule has 1 amide bonds. The normalized spacial score (nSPS) is 18.2. The molecular weight excluding hydrogens is 376 g/mol. The van der Waals surface area contributed by atoms with Gasteiger partial charge >= 0.3 is 0 Å². The molecule has 0 spiro atoms. The van der Waals surface area contributed by atoms with Gasteiger partial charge in [0, 0.05) is 12.2 Å². The monoisotopic (exact) mass is 402 g/mol. The molecule has 3 rings (SSSR count). The van der Waals surface area contributed by atoms with Crippen molar-refractivity contribution in [1.82, 2.24) is 4.90 Å². The number of rotatable bonds is 7. The number of hydrogen-bond acceptors (Lipinski definition) is 5. The maximum absolute atomic E-state index is 13.1. The Morgan fingerprint density at radius 3 is 2.36 bits per heavy atom. The molecule has 150 valence electrons. The number of methoxy groups -OCH3 is 1. The van der Waals surface area contributed by atoms with Gasteiger partial charge in [-0.3, -0.25) is 9.69 Å². The Morgan fingerprint density at radius 2 is 1.79 bits per heavy atom. The van der Waals surface area contributed by atoms with Gasteiger partial charge in [-0.15, -0.1) is 0 Å². The summed E-state index contributed by atoms with van der Waals surface area (Å²) < 4.78 is 29.1. The van der Waals surface area contributed by atoms with Crippen LogP contribution in [0.4, 0.5) is 5.69 Å². The van der Waals surface area contributed by atoms with Crippen molar-refractivity contribution >= 4 is 21.4 Å². The molecule has 0 saturated carbocycles. The number of ether oxygens (including phenoxy) is 1. The van der Waals surface area contributed by atoms with Crippen molar-refractivity contribution in [1.29, 1.82) is 0 Å². The highest BCUT2D eigenvalue weighted by atomic mass is 32.2. The average molecular weight is 403 g/mol. The van der Waals surface area contributed by atoms with E-state index in [9.17, 15) is 13.2 Å².